The molecule has 0 spiro atoms. The fraction of sp³-hybridized carbons (Fsp3) is 0.250. The molecule has 0 fully saturated rings. The molecule has 0 unspecified atom stereocenters. The van der Waals surface area contributed by atoms with Crippen molar-refractivity contribution in [1.29, 1.82) is 0 Å². The van der Waals surface area contributed by atoms with Crippen LogP contribution in [0.15, 0.2) is 47.3 Å². The molecule has 0 atom stereocenters. The molecule has 1 heterocycles. The first kappa shape index (κ1) is 21.8. The van der Waals surface area contributed by atoms with Crippen LogP contribution in [0, 0.1) is 17.9 Å². The maximum absolute atomic E-state index is 13.3. The van der Waals surface area contributed by atoms with Crippen molar-refractivity contribution >= 4 is 20.9 Å². The van der Waals surface area contributed by atoms with E-state index in [0.717, 1.165) is 12.1 Å². The maximum atomic E-state index is 13.3. The first-order valence-electron chi connectivity index (χ1n) is 8.75. The standard InChI is InChI=1S/C20H16F4NO4S/c1-12(2)10-25-11-18(13-3-5-14(21)6-4-13)17-9-15(7-8-16(17)19(25)26)29-30(27,28)20(22,23)24/h3-9,12H,10H2,1-2H3. The van der Waals surface area contributed by atoms with Gasteiger partial charge in [-0.15, -0.1) is 0 Å². The number of hydrogen-bond donors (Lipinski definition) is 0. The Morgan fingerprint density at radius 2 is 1.70 bits per heavy atom. The van der Waals surface area contributed by atoms with E-state index < -0.39 is 32.8 Å². The molecule has 0 aliphatic rings. The average Bonchev–Trinajstić information content (AvgIpc) is 2.63. The Morgan fingerprint density at radius 3 is 2.27 bits per heavy atom. The van der Waals surface area contributed by atoms with E-state index in [1.54, 1.807) is 0 Å². The highest BCUT2D eigenvalue weighted by Crippen LogP contribution is 2.32. The molecule has 5 nitrogen and oxygen atoms in total. The molecule has 159 valence electrons. The zero-order valence-electron chi connectivity index (χ0n) is 15.8. The van der Waals surface area contributed by atoms with Crippen molar-refractivity contribution in [1.82, 2.24) is 4.57 Å². The maximum Gasteiger partial charge on any atom is 0.534 e. The summed E-state index contributed by atoms with van der Waals surface area (Å²) >= 11 is 0. The number of nitrogens with zero attached hydrogens (tertiary/aromatic N) is 1. The van der Waals surface area contributed by atoms with Crippen molar-refractivity contribution in [3.8, 4) is 16.9 Å². The average molecular weight is 442 g/mol. The van der Waals surface area contributed by atoms with Gasteiger partial charge in [-0.3, -0.25) is 4.79 Å². The van der Waals surface area contributed by atoms with Crippen LogP contribution in [0.3, 0.4) is 0 Å². The first-order chi connectivity index (χ1) is 13.9. The topological polar surface area (TPSA) is 65.4 Å². The molecule has 0 saturated carbocycles. The smallest absolute Gasteiger partial charge is 0.376 e. The van der Waals surface area contributed by atoms with E-state index >= 15 is 0 Å². The van der Waals surface area contributed by atoms with Gasteiger partial charge >= 0.3 is 15.6 Å². The molecule has 3 rings (SSSR count). The van der Waals surface area contributed by atoms with Crippen LogP contribution >= 0.6 is 0 Å². The van der Waals surface area contributed by atoms with Crippen LogP contribution in [0.1, 0.15) is 13.8 Å². The quantitative estimate of drug-likeness (QED) is 0.332. The summed E-state index contributed by atoms with van der Waals surface area (Å²) < 4.78 is 79.4. The Morgan fingerprint density at radius 1 is 1.07 bits per heavy atom. The number of fused-ring (bicyclic) bond motifs is 1. The van der Waals surface area contributed by atoms with E-state index in [-0.39, 0.29) is 16.7 Å². The molecule has 0 N–H and O–H groups in total. The van der Waals surface area contributed by atoms with Crippen LogP contribution in [0.2, 0.25) is 0 Å². The largest absolute Gasteiger partial charge is 0.534 e. The molecule has 0 aliphatic carbocycles. The zero-order chi connectivity index (χ0) is 22.3. The number of benzene rings is 2. The lowest BCUT2D eigenvalue weighted by Crippen LogP contribution is -2.28. The predicted molar refractivity (Wildman–Crippen MR) is 103 cm³/mol. The molecular formula is C20H16F4NO4S. The fourth-order valence-corrected chi connectivity index (χ4v) is 3.32. The van der Waals surface area contributed by atoms with Crippen molar-refractivity contribution in [3.63, 3.8) is 0 Å². The third-order valence-corrected chi connectivity index (χ3v) is 5.13. The highest BCUT2D eigenvalue weighted by Gasteiger charge is 2.48. The molecule has 1 radical (unpaired) electrons. The van der Waals surface area contributed by atoms with Gasteiger partial charge in [0.25, 0.3) is 5.56 Å². The minimum Gasteiger partial charge on any atom is -0.376 e. The van der Waals surface area contributed by atoms with Gasteiger partial charge in [0.1, 0.15) is 11.6 Å². The van der Waals surface area contributed by atoms with E-state index in [9.17, 15) is 30.8 Å². The van der Waals surface area contributed by atoms with Gasteiger partial charge in [0.15, 0.2) is 0 Å². The monoisotopic (exact) mass is 442 g/mol. The number of hydrogen-bond acceptors (Lipinski definition) is 4. The van der Waals surface area contributed by atoms with Crippen LogP contribution in [-0.2, 0) is 16.7 Å². The van der Waals surface area contributed by atoms with Crippen molar-refractivity contribution in [3.05, 3.63) is 64.8 Å². The highest BCUT2D eigenvalue weighted by atomic mass is 32.2. The minimum absolute atomic E-state index is 0.0944. The second kappa shape index (κ2) is 7.75. The third-order valence-electron chi connectivity index (χ3n) is 4.15. The Bertz CT molecular complexity index is 1250. The third kappa shape index (κ3) is 4.33. The summed E-state index contributed by atoms with van der Waals surface area (Å²) in [4.78, 5) is 12.8. The van der Waals surface area contributed by atoms with Crippen LogP contribution in [-0.4, -0.2) is 18.5 Å². The molecule has 1 aromatic heterocycles. The van der Waals surface area contributed by atoms with Crippen molar-refractivity contribution in [2.24, 2.45) is 5.92 Å². The fourth-order valence-electron chi connectivity index (χ4n) is 2.86. The molecule has 0 saturated heterocycles. The van der Waals surface area contributed by atoms with Crippen LogP contribution < -0.4 is 9.74 Å². The van der Waals surface area contributed by atoms with Crippen LogP contribution in [0.4, 0.5) is 17.6 Å². The molecular weight excluding hydrogens is 426 g/mol. The summed E-state index contributed by atoms with van der Waals surface area (Å²) in [5.74, 6) is -1.02. The zero-order valence-corrected chi connectivity index (χ0v) is 16.6. The number of rotatable bonds is 5. The van der Waals surface area contributed by atoms with Crippen molar-refractivity contribution in [2.45, 2.75) is 25.9 Å². The predicted octanol–water partition coefficient (Wildman–Crippen LogP) is 4.49. The van der Waals surface area contributed by atoms with Gasteiger partial charge in [-0.05, 0) is 41.8 Å². The van der Waals surface area contributed by atoms with E-state index in [0.29, 0.717) is 17.7 Å². The Hall–Kier alpha value is -2.88. The summed E-state index contributed by atoms with van der Waals surface area (Å²) in [5, 5.41) is 0.256. The molecule has 30 heavy (non-hydrogen) atoms. The van der Waals surface area contributed by atoms with Gasteiger partial charge in [-0.1, -0.05) is 26.0 Å². The molecule has 0 aliphatic heterocycles. The number of halogens is 4. The molecule has 0 amide bonds. The Labute approximate surface area is 169 Å². The van der Waals surface area contributed by atoms with E-state index in [1.165, 1.54) is 34.9 Å². The SMILES string of the molecule is CC(C)Cn1[c]c(-c2ccc(F)cc2)c2cc(OS(=O)(=O)C(F)(F)F)ccc2c1=O. The van der Waals surface area contributed by atoms with Crippen LogP contribution in [0.25, 0.3) is 21.9 Å². The van der Waals surface area contributed by atoms with Crippen molar-refractivity contribution in [2.75, 3.05) is 0 Å². The van der Waals surface area contributed by atoms with Gasteiger partial charge in [0.05, 0.1) is 6.20 Å². The Balaban J connectivity index is 2.25. The van der Waals surface area contributed by atoms with Gasteiger partial charge < -0.3 is 8.75 Å². The molecule has 3 aromatic rings. The number of alkyl halides is 3. The molecule has 2 aromatic carbocycles. The van der Waals surface area contributed by atoms with Gasteiger partial charge in [0, 0.05) is 22.9 Å². The van der Waals surface area contributed by atoms with Crippen LogP contribution in [0.5, 0.6) is 5.75 Å². The second-order valence-electron chi connectivity index (χ2n) is 6.99. The van der Waals surface area contributed by atoms with E-state index in [4.69, 9.17) is 0 Å². The lowest BCUT2D eigenvalue weighted by molar-refractivity contribution is -0.0500. The lowest BCUT2D eigenvalue weighted by Gasteiger charge is -2.15. The normalized spacial score (nSPS) is 12.5. The van der Waals surface area contributed by atoms with E-state index in [2.05, 4.69) is 10.4 Å². The summed E-state index contributed by atoms with van der Waals surface area (Å²) in [6.45, 7) is 4.10. The lowest BCUT2D eigenvalue weighted by atomic mass is 10.00. The van der Waals surface area contributed by atoms with Gasteiger partial charge in [-0.25, -0.2) is 4.39 Å². The number of aromatic nitrogens is 1. The van der Waals surface area contributed by atoms with Gasteiger partial charge in [0.2, 0.25) is 0 Å². The summed E-state index contributed by atoms with van der Waals surface area (Å²) in [5.41, 5.74) is -5.32. The Kier molecular flexibility index (Phi) is 5.64. The molecule has 10 heteroatoms. The van der Waals surface area contributed by atoms with Crippen molar-refractivity contribution < 1.29 is 30.2 Å². The van der Waals surface area contributed by atoms with Gasteiger partial charge in [-0.2, -0.15) is 21.6 Å². The first-order valence-corrected chi connectivity index (χ1v) is 10.2. The van der Waals surface area contributed by atoms with E-state index in [1.807, 2.05) is 13.8 Å². The summed E-state index contributed by atoms with van der Waals surface area (Å²) in [6, 6.07) is 8.39. The summed E-state index contributed by atoms with van der Waals surface area (Å²) in [7, 11) is -5.88. The highest BCUT2D eigenvalue weighted by molar-refractivity contribution is 7.88. The summed E-state index contributed by atoms with van der Waals surface area (Å²) in [6.07, 6.45) is 2.90. The minimum atomic E-state index is -5.88. The second-order valence-corrected chi connectivity index (χ2v) is 8.53. The molecule has 0 bridgehead atoms. The number of pyridine rings is 1.